The van der Waals surface area contributed by atoms with E-state index >= 15 is 0 Å². The third-order valence-electron chi connectivity index (χ3n) is 2.19. The molecule has 92 valence electrons. The molecule has 1 rings (SSSR count). The average Bonchev–Trinajstić information content (AvgIpc) is 2.24. The highest BCUT2D eigenvalue weighted by Crippen LogP contribution is 2.21. The van der Waals surface area contributed by atoms with Gasteiger partial charge in [-0.25, -0.2) is 0 Å². The van der Waals surface area contributed by atoms with E-state index in [9.17, 15) is 5.11 Å². The largest absolute Gasteiger partial charge is 0.391 e. The number of nitrogens with one attached hydrogen (secondary N) is 1. The first-order valence-electron chi connectivity index (χ1n) is 5.56. The summed E-state index contributed by atoms with van der Waals surface area (Å²) in [4.78, 5) is 0. The van der Waals surface area contributed by atoms with E-state index in [1.54, 1.807) is 6.07 Å². The first kappa shape index (κ1) is 13.4. The lowest BCUT2D eigenvalue weighted by atomic mass is 9.89. The average molecular weight is 234 g/mol. The van der Waals surface area contributed by atoms with Crippen molar-refractivity contribution in [3.8, 4) is 6.07 Å². The number of hydrogen-bond donors (Lipinski definition) is 2. The first-order chi connectivity index (χ1) is 7.92. The quantitative estimate of drug-likeness (QED) is 0.826. The molecule has 1 aromatic heterocycles. The second-order valence-corrected chi connectivity index (χ2v) is 5.20. The SMILES string of the molecule is CC(C)(C)CC(O)CNc1nnccc1C#N. The van der Waals surface area contributed by atoms with Crippen molar-refractivity contribution in [2.75, 3.05) is 11.9 Å². The zero-order valence-electron chi connectivity index (χ0n) is 10.4. The molecule has 0 aliphatic carbocycles. The summed E-state index contributed by atoms with van der Waals surface area (Å²) < 4.78 is 0. The predicted octanol–water partition coefficient (Wildman–Crippen LogP) is 1.56. The van der Waals surface area contributed by atoms with Gasteiger partial charge in [0.2, 0.25) is 0 Å². The molecular weight excluding hydrogens is 216 g/mol. The van der Waals surface area contributed by atoms with Crippen LogP contribution in [0.15, 0.2) is 12.3 Å². The highest BCUT2D eigenvalue weighted by atomic mass is 16.3. The smallest absolute Gasteiger partial charge is 0.166 e. The topological polar surface area (TPSA) is 81.8 Å². The van der Waals surface area contributed by atoms with Gasteiger partial charge in [-0.2, -0.15) is 10.4 Å². The molecule has 1 heterocycles. The summed E-state index contributed by atoms with van der Waals surface area (Å²) in [5, 5.41) is 29.1. The third kappa shape index (κ3) is 4.79. The van der Waals surface area contributed by atoms with Crippen LogP contribution >= 0.6 is 0 Å². The Labute approximate surface area is 101 Å². The Morgan fingerprint density at radius 1 is 1.53 bits per heavy atom. The fourth-order valence-corrected chi connectivity index (χ4v) is 1.55. The Morgan fingerprint density at radius 2 is 2.24 bits per heavy atom. The molecule has 0 aliphatic heterocycles. The van der Waals surface area contributed by atoms with Crippen molar-refractivity contribution >= 4 is 5.82 Å². The molecule has 0 aromatic carbocycles. The van der Waals surface area contributed by atoms with Crippen LogP contribution in [0.1, 0.15) is 32.8 Å². The molecule has 0 fully saturated rings. The number of nitriles is 1. The van der Waals surface area contributed by atoms with Crippen LogP contribution in [0.3, 0.4) is 0 Å². The van der Waals surface area contributed by atoms with E-state index < -0.39 is 6.10 Å². The van der Waals surface area contributed by atoms with Crippen molar-refractivity contribution in [3.63, 3.8) is 0 Å². The molecular formula is C12H18N4O. The standard InChI is InChI=1S/C12H18N4O/c1-12(2,3)6-10(17)8-14-11-9(7-13)4-5-15-16-11/h4-5,10,17H,6,8H2,1-3H3,(H,14,16). The van der Waals surface area contributed by atoms with Crippen LogP contribution in [0.25, 0.3) is 0 Å². The predicted molar refractivity (Wildman–Crippen MR) is 65.3 cm³/mol. The number of aromatic nitrogens is 2. The van der Waals surface area contributed by atoms with Gasteiger partial charge in [0, 0.05) is 6.54 Å². The monoisotopic (exact) mass is 234 g/mol. The maximum absolute atomic E-state index is 9.82. The number of rotatable bonds is 4. The first-order valence-corrected chi connectivity index (χ1v) is 5.56. The molecule has 0 saturated heterocycles. The minimum atomic E-state index is -0.469. The molecule has 1 aromatic rings. The van der Waals surface area contributed by atoms with Crippen LogP contribution in [0.4, 0.5) is 5.82 Å². The van der Waals surface area contributed by atoms with E-state index in [1.165, 1.54) is 6.20 Å². The minimum absolute atomic E-state index is 0.0710. The maximum atomic E-state index is 9.82. The Hall–Kier alpha value is -1.67. The molecule has 0 aliphatic rings. The summed E-state index contributed by atoms with van der Waals surface area (Å²) in [6.07, 6.45) is 1.68. The molecule has 17 heavy (non-hydrogen) atoms. The van der Waals surface area contributed by atoms with E-state index in [4.69, 9.17) is 5.26 Å². The van der Waals surface area contributed by atoms with E-state index in [2.05, 4.69) is 36.3 Å². The summed E-state index contributed by atoms with van der Waals surface area (Å²) in [6, 6.07) is 3.61. The molecule has 5 heteroatoms. The lowest BCUT2D eigenvalue weighted by Crippen LogP contribution is -2.25. The molecule has 0 radical (unpaired) electrons. The van der Waals surface area contributed by atoms with E-state index in [-0.39, 0.29) is 5.41 Å². The summed E-state index contributed by atoms with van der Waals surface area (Å²) >= 11 is 0. The van der Waals surface area contributed by atoms with Gasteiger partial charge in [-0.3, -0.25) is 0 Å². The number of aliphatic hydroxyl groups excluding tert-OH is 1. The van der Waals surface area contributed by atoms with E-state index in [0.717, 1.165) is 0 Å². The van der Waals surface area contributed by atoms with Crippen molar-refractivity contribution in [1.29, 1.82) is 5.26 Å². The summed E-state index contributed by atoms with van der Waals surface area (Å²) in [6.45, 7) is 6.57. The number of anilines is 1. The molecule has 5 nitrogen and oxygen atoms in total. The third-order valence-corrected chi connectivity index (χ3v) is 2.19. The van der Waals surface area contributed by atoms with Crippen LogP contribution in [-0.4, -0.2) is 28.0 Å². The van der Waals surface area contributed by atoms with Gasteiger partial charge >= 0.3 is 0 Å². The molecule has 0 spiro atoms. The van der Waals surface area contributed by atoms with Gasteiger partial charge in [-0.05, 0) is 17.9 Å². The highest BCUT2D eigenvalue weighted by Gasteiger charge is 2.16. The van der Waals surface area contributed by atoms with Crippen molar-refractivity contribution in [3.05, 3.63) is 17.8 Å². The Morgan fingerprint density at radius 3 is 2.82 bits per heavy atom. The van der Waals surface area contributed by atoms with Crippen LogP contribution in [-0.2, 0) is 0 Å². The number of nitrogens with zero attached hydrogens (tertiary/aromatic N) is 3. The fraction of sp³-hybridized carbons (Fsp3) is 0.583. The summed E-state index contributed by atoms with van der Waals surface area (Å²) in [5.74, 6) is 0.419. The summed E-state index contributed by atoms with van der Waals surface area (Å²) in [7, 11) is 0. The van der Waals surface area contributed by atoms with Crippen molar-refractivity contribution in [1.82, 2.24) is 10.2 Å². The Bertz CT molecular complexity index is 406. The highest BCUT2D eigenvalue weighted by molar-refractivity contribution is 5.50. The minimum Gasteiger partial charge on any atom is -0.391 e. The van der Waals surface area contributed by atoms with E-state index in [1.807, 2.05) is 6.07 Å². The van der Waals surface area contributed by atoms with E-state index in [0.29, 0.717) is 24.3 Å². The zero-order valence-corrected chi connectivity index (χ0v) is 10.4. The summed E-state index contributed by atoms with van der Waals surface area (Å²) in [5.41, 5.74) is 0.504. The van der Waals surface area contributed by atoms with Gasteiger partial charge in [-0.1, -0.05) is 20.8 Å². The van der Waals surface area contributed by atoms with Crippen molar-refractivity contribution in [2.24, 2.45) is 5.41 Å². The van der Waals surface area contributed by atoms with Crippen LogP contribution in [0.2, 0.25) is 0 Å². The van der Waals surface area contributed by atoms with Gasteiger partial charge < -0.3 is 10.4 Å². The number of hydrogen-bond acceptors (Lipinski definition) is 5. The van der Waals surface area contributed by atoms with Crippen LogP contribution in [0, 0.1) is 16.7 Å². The van der Waals surface area contributed by atoms with Gasteiger partial charge in [0.25, 0.3) is 0 Å². The number of aliphatic hydroxyl groups is 1. The molecule has 1 atom stereocenters. The van der Waals surface area contributed by atoms with Gasteiger partial charge in [0.15, 0.2) is 5.82 Å². The van der Waals surface area contributed by atoms with Crippen molar-refractivity contribution in [2.45, 2.75) is 33.3 Å². The van der Waals surface area contributed by atoms with Crippen LogP contribution in [0.5, 0.6) is 0 Å². The maximum Gasteiger partial charge on any atom is 0.166 e. The van der Waals surface area contributed by atoms with Gasteiger partial charge in [0.1, 0.15) is 6.07 Å². The van der Waals surface area contributed by atoms with Crippen molar-refractivity contribution < 1.29 is 5.11 Å². The molecule has 0 amide bonds. The second kappa shape index (κ2) is 5.60. The fourth-order valence-electron chi connectivity index (χ4n) is 1.55. The molecule has 0 bridgehead atoms. The normalized spacial score (nSPS) is 12.9. The van der Waals surface area contributed by atoms with Gasteiger partial charge in [-0.15, -0.1) is 5.10 Å². The molecule has 0 saturated carbocycles. The molecule has 2 N–H and O–H groups in total. The zero-order chi connectivity index (χ0) is 12.9. The molecule has 1 unspecified atom stereocenters. The lowest BCUT2D eigenvalue weighted by Gasteiger charge is -2.22. The Balaban J connectivity index is 2.54. The Kier molecular flexibility index (Phi) is 4.41. The lowest BCUT2D eigenvalue weighted by molar-refractivity contribution is 0.132. The van der Waals surface area contributed by atoms with Crippen LogP contribution < -0.4 is 5.32 Å². The second-order valence-electron chi connectivity index (χ2n) is 5.20. The van der Waals surface area contributed by atoms with Gasteiger partial charge in [0.05, 0.1) is 17.9 Å².